The number of carbonyl (C=O) groups is 1. The third-order valence-corrected chi connectivity index (χ3v) is 7.33. The van der Waals surface area contributed by atoms with Crippen LogP contribution in [0.4, 0.5) is 13.2 Å². The fraction of sp³-hybridized carbons (Fsp3) is 0.458. The second kappa shape index (κ2) is 8.69. The zero-order chi connectivity index (χ0) is 23.0. The van der Waals surface area contributed by atoms with Crippen molar-refractivity contribution in [3.63, 3.8) is 0 Å². The lowest BCUT2D eigenvalue weighted by Crippen LogP contribution is -2.59. The molecule has 4 nitrogen and oxygen atoms in total. The number of amides is 1. The molecule has 1 amide bonds. The molecular formula is C24H26ClF3N2O2. The van der Waals surface area contributed by atoms with Crippen LogP contribution in [0.2, 0.25) is 5.02 Å². The summed E-state index contributed by atoms with van der Waals surface area (Å²) >= 11 is 5.85. The molecule has 8 heteroatoms. The zero-order valence-corrected chi connectivity index (χ0v) is 18.3. The quantitative estimate of drug-likeness (QED) is 0.701. The highest BCUT2D eigenvalue weighted by atomic mass is 35.5. The summed E-state index contributed by atoms with van der Waals surface area (Å²) in [5, 5.41) is 14.2. The SMILES string of the molecule is O=C(N1CCC2(CCNC[C@H]2c2ccccc2)CC1)C(O)(c1cccc(Cl)c1)C(F)(F)F. The Morgan fingerprint density at radius 2 is 1.75 bits per heavy atom. The van der Waals surface area contributed by atoms with E-state index in [4.69, 9.17) is 11.6 Å². The van der Waals surface area contributed by atoms with Gasteiger partial charge in [0, 0.05) is 36.1 Å². The van der Waals surface area contributed by atoms with Gasteiger partial charge in [-0.1, -0.05) is 54.1 Å². The van der Waals surface area contributed by atoms with Crippen molar-refractivity contribution in [1.82, 2.24) is 10.2 Å². The van der Waals surface area contributed by atoms with E-state index >= 15 is 0 Å². The Morgan fingerprint density at radius 1 is 1.06 bits per heavy atom. The molecule has 2 aliphatic rings. The highest BCUT2D eigenvalue weighted by Gasteiger charge is 2.62. The number of nitrogens with one attached hydrogen (secondary N) is 1. The number of hydrogen-bond donors (Lipinski definition) is 2. The number of carbonyl (C=O) groups excluding carboxylic acids is 1. The summed E-state index contributed by atoms with van der Waals surface area (Å²) in [4.78, 5) is 14.3. The van der Waals surface area contributed by atoms with Crippen LogP contribution in [-0.2, 0) is 10.4 Å². The number of halogens is 4. The predicted molar refractivity (Wildman–Crippen MR) is 116 cm³/mol. The van der Waals surface area contributed by atoms with Crippen molar-refractivity contribution in [3.05, 3.63) is 70.7 Å². The molecule has 0 aromatic heterocycles. The van der Waals surface area contributed by atoms with E-state index < -0.39 is 23.2 Å². The maximum Gasteiger partial charge on any atom is 0.430 e. The molecule has 2 aromatic rings. The van der Waals surface area contributed by atoms with Crippen LogP contribution >= 0.6 is 11.6 Å². The number of nitrogens with zero attached hydrogens (tertiary/aromatic N) is 1. The molecule has 1 unspecified atom stereocenters. The summed E-state index contributed by atoms with van der Waals surface area (Å²) in [5.74, 6) is -1.11. The van der Waals surface area contributed by atoms with Crippen molar-refractivity contribution in [2.75, 3.05) is 26.2 Å². The van der Waals surface area contributed by atoms with E-state index in [2.05, 4.69) is 17.4 Å². The van der Waals surface area contributed by atoms with Crippen LogP contribution < -0.4 is 5.32 Å². The lowest BCUT2D eigenvalue weighted by molar-refractivity contribution is -0.262. The van der Waals surface area contributed by atoms with Gasteiger partial charge in [-0.25, -0.2) is 0 Å². The number of likely N-dealkylation sites (tertiary alicyclic amines) is 1. The Balaban J connectivity index is 1.58. The van der Waals surface area contributed by atoms with Gasteiger partial charge in [0.2, 0.25) is 0 Å². The monoisotopic (exact) mass is 466 g/mol. The summed E-state index contributed by atoms with van der Waals surface area (Å²) in [6.07, 6.45) is -3.11. The highest BCUT2D eigenvalue weighted by Crippen LogP contribution is 2.49. The minimum Gasteiger partial charge on any atom is -0.368 e. The van der Waals surface area contributed by atoms with E-state index in [1.807, 2.05) is 18.2 Å². The van der Waals surface area contributed by atoms with Crippen molar-refractivity contribution >= 4 is 17.5 Å². The third-order valence-electron chi connectivity index (χ3n) is 7.10. The van der Waals surface area contributed by atoms with Crippen molar-refractivity contribution in [2.45, 2.75) is 37.0 Å². The van der Waals surface area contributed by atoms with E-state index in [-0.39, 0.29) is 29.4 Å². The predicted octanol–water partition coefficient (Wildman–Crippen LogP) is 4.48. The van der Waals surface area contributed by atoms with Crippen molar-refractivity contribution in [2.24, 2.45) is 5.41 Å². The minimum atomic E-state index is -5.18. The van der Waals surface area contributed by atoms with Crippen LogP contribution in [0.25, 0.3) is 0 Å². The fourth-order valence-corrected chi connectivity index (χ4v) is 5.43. The number of piperidine rings is 2. The summed E-state index contributed by atoms with van der Waals surface area (Å²) in [6, 6.07) is 14.9. The third kappa shape index (κ3) is 4.02. The molecule has 2 N–H and O–H groups in total. The van der Waals surface area contributed by atoms with Gasteiger partial charge in [0.1, 0.15) is 0 Å². The summed E-state index contributed by atoms with van der Waals surface area (Å²) in [6.45, 7) is 1.97. The van der Waals surface area contributed by atoms with Crippen molar-refractivity contribution < 1.29 is 23.1 Å². The highest BCUT2D eigenvalue weighted by molar-refractivity contribution is 6.30. The van der Waals surface area contributed by atoms with Gasteiger partial charge in [-0.05, 0) is 48.9 Å². The topological polar surface area (TPSA) is 52.6 Å². The van der Waals surface area contributed by atoms with Crippen molar-refractivity contribution in [3.8, 4) is 0 Å². The number of benzene rings is 2. The van der Waals surface area contributed by atoms with E-state index in [0.717, 1.165) is 36.5 Å². The first-order chi connectivity index (χ1) is 15.2. The molecule has 0 bridgehead atoms. The molecule has 2 fully saturated rings. The summed E-state index contributed by atoms with van der Waals surface area (Å²) < 4.78 is 42.0. The molecule has 2 atom stereocenters. The Bertz CT molecular complexity index is 961. The van der Waals surface area contributed by atoms with E-state index in [0.29, 0.717) is 12.8 Å². The van der Waals surface area contributed by atoms with Crippen LogP contribution in [0.15, 0.2) is 54.6 Å². The smallest absolute Gasteiger partial charge is 0.368 e. The number of alkyl halides is 3. The maximum atomic E-state index is 14.0. The van der Waals surface area contributed by atoms with Crippen molar-refractivity contribution in [1.29, 1.82) is 0 Å². The molecule has 2 saturated heterocycles. The van der Waals surface area contributed by atoms with Crippen LogP contribution in [0, 0.1) is 5.41 Å². The molecule has 0 aliphatic carbocycles. The standard InChI is InChI=1S/C24H26ClF3N2O2/c25-19-8-4-7-18(15-19)23(32,24(26,27)28)21(31)30-13-10-22(11-14-30)9-12-29-16-20(22)17-5-2-1-3-6-17/h1-8,15,20,29,32H,9-14,16H2/t20-,23?/m0/s1. The normalized spacial score (nSPS) is 23.0. The van der Waals surface area contributed by atoms with Gasteiger partial charge in [-0.3, -0.25) is 4.79 Å². The second-order valence-corrected chi connectivity index (χ2v) is 9.23. The van der Waals surface area contributed by atoms with Gasteiger partial charge in [0.05, 0.1) is 0 Å². The molecule has 4 rings (SSSR count). The van der Waals surface area contributed by atoms with E-state index in [9.17, 15) is 23.1 Å². The molecular weight excluding hydrogens is 441 g/mol. The van der Waals surface area contributed by atoms with Gasteiger partial charge in [0.25, 0.3) is 11.5 Å². The lowest BCUT2D eigenvalue weighted by Gasteiger charge is -2.50. The molecule has 0 saturated carbocycles. The fourth-order valence-electron chi connectivity index (χ4n) is 5.24. The molecule has 2 heterocycles. The lowest BCUT2D eigenvalue weighted by atomic mass is 9.62. The van der Waals surface area contributed by atoms with E-state index in [1.54, 1.807) is 0 Å². The Labute approximate surface area is 190 Å². The number of rotatable bonds is 3. The van der Waals surface area contributed by atoms with Gasteiger partial charge >= 0.3 is 6.18 Å². The van der Waals surface area contributed by atoms with Crippen LogP contribution in [0.5, 0.6) is 0 Å². The van der Waals surface area contributed by atoms with Gasteiger partial charge in [-0.2, -0.15) is 13.2 Å². The molecule has 1 spiro atoms. The van der Waals surface area contributed by atoms with Gasteiger partial charge < -0.3 is 15.3 Å². The van der Waals surface area contributed by atoms with Crippen LogP contribution in [-0.4, -0.2) is 48.3 Å². The molecule has 172 valence electrons. The molecule has 2 aromatic carbocycles. The van der Waals surface area contributed by atoms with E-state index in [1.165, 1.54) is 17.7 Å². The zero-order valence-electron chi connectivity index (χ0n) is 17.5. The number of aliphatic hydroxyl groups is 1. The average Bonchev–Trinajstić information content (AvgIpc) is 2.79. The molecule has 32 heavy (non-hydrogen) atoms. The Morgan fingerprint density at radius 3 is 2.38 bits per heavy atom. The number of hydrogen-bond acceptors (Lipinski definition) is 3. The first kappa shape index (κ1) is 23.1. The summed E-state index contributed by atoms with van der Waals surface area (Å²) in [7, 11) is 0. The van der Waals surface area contributed by atoms with Gasteiger partial charge in [-0.15, -0.1) is 0 Å². The largest absolute Gasteiger partial charge is 0.430 e. The summed E-state index contributed by atoms with van der Waals surface area (Å²) in [5.41, 5.74) is -3.08. The first-order valence-corrected chi connectivity index (χ1v) is 11.2. The average molecular weight is 467 g/mol. The minimum absolute atomic E-state index is 0.0241. The first-order valence-electron chi connectivity index (χ1n) is 10.8. The Kier molecular flexibility index (Phi) is 6.27. The van der Waals surface area contributed by atoms with Crippen LogP contribution in [0.1, 0.15) is 36.3 Å². The Hall–Kier alpha value is -2.09. The molecule has 0 radical (unpaired) electrons. The van der Waals surface area contributed by atoms with Gasteiger partial charge in [0.15, 0.2) is 0 Å². The maximum absolute atomic E-state index is 14.0. The second-order valence-electron chi connectivity index (χ2n) is 8.79. The van der Waals surface area contributed by atoms with Crippen LogP contribution in [0.3, 0.4) is 0 Å². The molecule has 2 aliphatic heterocycles.